The minimum Gasteiger partial charge on any atom is -0.497 e. The Labute approximate surface area is 232 Å². The fourth-order valence-electron chi connectivity index (χ4n) is 4.41. The van der Waals surface area contributed by atoms with Crippen LogP contribution in [0, 0.1) is 0 Å². The van der Waals surface area contributed by atoms with E-state index >= 15 is 0 Å². The Bertz CT molecular complexity index is 1280. The molecule has 0 unspecified atom stereocenters. The van der Waals surface area contributed by atoms with E-state index in [1.807, 2.05) is 86.6 Å². The number of methoxy groups -OCH3 is 1. The summed E-state index contributed by atoms with van der Waals surface area (Å²) in [6.07, 6.45) is 0.183. The maximum absolute atomic E-state index is 14.0. The van der Waals surface area contributed by atoms with Crippen LogP contribution in [0.25, 0.3) is 0 Å². The molecule has 0 aliphatic carbocycles. The number of ether oxygens (including phenoxy) is 3. The zero-order chi connectivity index (χ0) is 27.1. The molecule has 0 spiro atoms. The standard InChI is InChI=1S/C30H33BrN2O5/c1-20(2)32-29(35)30(19-23-8-4-5-11-26(23)31)27(22-9-6-10-25(18-22)36-3)38-28(33-30)21-12-14-24(15-13-21)37-17-7-16-34/h4-6,8-15,18,20,27,34H,7,16-17,19H2,1-3H3,(H,32,35)/t27-,30-/m1/s1. The van der Waals surface area contributed by atoms with Gasteiger partial charge in [0.05, 0.1) is 13.7 Å². The Morgan fingerprint density at radius 2 is 1.87 bits per heavy atom. The zero-order valence-corrected chi connectivity index (χ0v) is 23.4. The number of benzene rings is 3. The minimum atomic E-state index is -1.27. The van der Waals surface area contributed by atoms with Gasteiger partial charge >= 0.3 is 0 Å². The second-order valence-corrected chi connectivity index (χ2v) is 10.3. The van der Waals surface area contributed by atoms with E-state index in [-0.39, 0.29) is 18.6 Å². The maximum atomic E-state index is 14.0. The molecule has 2 atom stereocenters. The monoisotopic (exact) mass is 580 g/mol. The van der Waals surface area contributed by atoms with Crippen molar-refractivity contribution in [3.8, 4) is 11.5 Å². The highest BCUT2D eigenvalue weighted by Crippen LogP contribution is 2.44. The highest BCUT2D eigenvalue weighted by atomic mass is 79.9. The molecular weight excluding hydrogens is 548 g/mol. The van der Waals surface area contributed by atoms with E-state index in [4.69, 9.17) is 24.3 Å². The zero-order valence-electron chi connectivity index (χ0n) is 21.8. The summed E-state index contributed by atoms with van der Waals surface area (Å²) in [7, 11) is 1.61. The molecule has 2 N–H and O–H groups in total. The Morgan fingerprint density at radius 1 is 1.11 bits per heavy atom. The Balaban J connectivity index is 1.81. The first-order chi connectivity index (χ1) is 18.4. The molecule has 0 saturated carbocycles. The van der Waals surface area contributed by atoms with E-state index in [2.05, 4.69) is 21.2 Å². The lowest BCUT2D eigenvalue weighted by molar-refractivity contribution is -0.129. The lowest BCUT2D eigenvalue weighted by atomic mass is 9.81. The summed E-state index contributed by atoms with van der Waals surface area (Å²) in [4.78, 5) is 19.1. The van der Waals surface area contributed by atoms with Crippen LogP contribution in [0.4, 0.5) is 0 Å². The largest absolute Gasteiger partial charge is 0.497 e. The SMILES string of the molecule is COc1cccc([C@H]2OC(c3ccc(OCCCO)cc3)=N[C@@]2(Cc2ccccc2Br)C(=O)NC(C)C)c1. The number of hydrogen-bond acceptors (Lipinski definition) is 6. The molecule has 8 heteroatoms. The van der Waals surface area contributed by atoms with Crippen LogP contribution in [-0.2, 0) is 16.0 Å². The van der Waals surface area contributed by atoms with Crippen molar-refractivity contribution in [1.82, 2.24) is 5.32 Å². The van der Waals surface area contributed by atoms with Gasteiger partial charge in [0.15, 0.2) is 11.6 Å². The van der Waals surface area contributed by atoms with Crippen LogP contribution in [0.3, 0.4) is 0 Å². The number of aliphatic imine (C=N–C) groups is 1. The number of halogens is 1. The first-order valence-electron chi connectivity index (χ1n) is 12.6. The lowest BCUT2D eigenvalue weighted by Crippen LogP contribution is -2.51. The summed E-state index contributed by atoms with van der Waals surface area (Å²) in [5, 5.41) is 12.1. The molecule has 0 aromatic heterocycles. The first-order valence-corrected chi connectivity index (χ1v) is 13.4. The van der Waals surface area contributed by atoms with Gasteiger partial charge in [0, 0.05) is 35.5 Å². The number of rotatable bonds is 11. The molecule has 1 heterocycles. The van der Waals surface area contributed by atoms with Gasteiger partial charge in [-0.15, -0.1) is 0 Å². The molecule has 1 aliphatic heterocycles. The molecule has 1 aliphatic rings. The number of aliphatic hydroxyl groups excluding tert-OH is 1. The molecule has 0 fully saturated rings. The van der Waals surface area contributed by atoms with Crippen LogP contribution >= 0.6 is 15.9 Å². The number of carbonyl (C=O) groups excluding carboxylic acids is 1. The molecule has 3 aromatic rings. The third kappa shape index (κ3) is 6.19. The Hall–Kier alpha value is -3.36. The summed E-state index contributed by atoms with van der Waals surface area (Å²) in [6, 6.07) is 22.7. The summed E-state index contributed by atoms with van der Waals surface area (Å²) >= 11 is 3.65. The molecule has 0 bridgehead atoms. The van der Waals surface area contributed by atoms with Crippen LogP contribution in [0.2, 0.25) is 0 Å². The predicted octanol–water partition coefficient (Wildman–Crippen LogP) is 5.24. The first kappa shape index (κ1) is 27.7. The van der Waals surface area contributed by atoms with Crippen LogP contribution < -0.4 is 14.8 Å². The van der Waals surface area contributed by atoms with Gasteiger partial charge in [-0.05, 0) is 67.4 Å². The Kier molecular flexibility index (Phi) is 9.07. The van der Waals surface area contributed by atoms with Crippen molar-refractivity contribution in [1.29, 1.82) is 0 Å². The average Bonchev–Trinajstić information content (AvgIpc) is 3.31. The average molecular weight is 582 g/mol. The minimum absolute atomic E-state index is 0.0758. The van der Waals surface area contributed by atoms with Gasteiger partial charge in [-0.25, -0.2) is 4.99 Å². The number of nitrogens with one attached hydrogen (secondary N) is 1. The third-order valence-corrected chi connectivity index (χ3v) is 7.04. The quantitative estimate of drug-likeness (QED) is 0.303. The second-order valence-electron chi connectivity index (χ2n) is 9.46. The van der Waals surface area contributed by atoms with E-state index in [1.54, 1.807) is 7.11 Å². The Morgan fingerprint density at radius 3 is 2.55 bits per heavy atom. The molecule has 7 nitrogen and oxygen atoms in total. The second kappa shape index (κ2) is 12.5. The summed E-state index contributed by atoms with van der Waals surface area (Å²) in [6.45, 7) is 4.36. The number of nitrogens with zero attached hydrogens (tertiary/aromatic N) is 1. The van der Waals surface area contributed by atoms with E-state index in [0.29, 0.717) is 36.8 Å². The van der Waals surface area contributed by atoms with Gasteiger partial charge in [0.25, 0.3) is 5.91 Å². The van der Waals surface area contributed by atoms with Crippen molar-refractivity contribution in [3.05, 3.63) is 94.0 Å². The predicted molar refractivity (Wildman–Crippen MR) is 151 cm³/mol. The lowest BCUT2D eigenvalue weighted by Gasteiger charge is -2.32. The van der Waals surface area contributed by atoms with E-state index < -0.39 is 11.6 Å². The van der Waals surface area contributed by atoms with Crippen molar-refractivity contribution >= 4 is 27.7 Å². The van der Waals surface area contributed by atoms with Crippen LogP contribution in [0.5, 0.6) is 11.5 Å². The molecular formula is C30H33BrN2O5. The van der Waals surface area contributed by atoms with Crippen LogP contribution in [0.15, 0.2) is 82.3 Å². The van der Waals surface area contributed by atoms with Crippen molar-refractivity contribution < 1.29 is 24.1 Å². The molecule has 0 saturated heterocycles. The fraction of sp³-hybridized carbons (Fsp3) is 0.333. The third-order valence-electron chi connectivity index (χ3n) is 6.26. The molecule has 200 valence electrons. The van der Waals surface area contributed by atoms with E-state index in [1.165, 1.54) is 0 Å². The number of carbonyl (C=O) groups is 1. The highest BCUT2D eigenvalue weighted by Gasteiger charge is 2.53. The summed E-state index contributed by atoms with van der Waals surface area (Å²) < 4.78 is 18.6. The molecule has 0 radical (unpaired) electrons. The maximum Gasteiger partial charge on any atom is 0.252 e. The van der Waals surface area contributed by atoms with E-state index in [9.17, 15) is 4.79 Å². The summed E-state index contributed by atoms with van der Waals surface area (Å²) in [5.41, 5.74) is 1.20. The molecule has 38 heavy (non-hydrogen) atoms. The fourth-order valence-corrected chi connectivity index (χ4v) is 4.83. The van der Waals surface area contributed by atoms with Gasteiger partial charge in [0.1, 0.15) is 11.5 Å². The number of amides is 1. The van der Waals surface area contributed by atoms with Crippen molar-refractivity contribution in [3.63, 3.8) is 0 Å². The van der Waals surface area contributed by atoms with Crippen LogP contribution in [-0.4, -0.2) is 48.8 Å². The van der Waals surface area contributed by atoms with Crippen LogP contribution in [0.1, 0.15) is 43.1 Å². The smallest absolute Gasteiger partial charge is 0.252 e. The number of hydrogen-bond donors (Lipinski definition) is 2. The molecule has 3 aromatic carbocycles. The van der Waals surface area contributed by atoms with E-state index in [0.717, 1.165) is 21.2 Å². The highest BCUT2D eigenvalue weighted by molar-refractivity contribution is 9.10. The van der Waals surface area contributed by atoms with Crippen molar-refractivity contribution in [2.75, 3.05) is 20.3 Å². The van der Waals surface area contributed by atoms with Crippen molar-refractivity contribution in [2.24, 2.45) is 4.99 Å². The topological polar surface area (TPSA) is 89.4 Å². The number of aliphatic hydroxyl groups is 1. The molecule has 1 amide bonds. The van der Waals surface area contributed by atoms with Crippen molar-refractivity contribution in [2.45, 2.75) is 44.4 Å². The van der Waals surface area contributed by atoms with Gasteiger partial charge in [-0.2, -0.15) is 0 Å². The van der Waals surface area contributed by atoms with Gasteiger partial charge < -0.3 is 24.6 Å². The van der Waals surface area contributed by atoms with Gasteiger partial charge in [0.2, 0.25) is 5.90 Å². The normalized spacial score (nSPS) is 18.6. The molecule has 4 rings (SSSR count). The summed E-state index contributed by atoms with van der Waals surface area (Å²) in [5.74, 6) is 1.52. The van der Waals surface area contributed by atoms with Gasteiger partial charge in [-0.1, -0.05) is 46.3 Å². The van der Waals surface area contributed by atoms with Gasteiger partial charge in [-0.3, -0.25) is 4.79 Å².